The van der Waals surface area contributed by atoms with Gasteiger partial charge in [0.05, 0.1) is 16.1 Å². The molecule has 0 saturated carbocycles. The second kappa shape index (κ2) is 6.90. The van der Waals surface area contributed by atoms with Gasteiger partial charge in [-0.1, -0.05) is 23.8 Å². The fourth-order valence-electron chi connectivity index (χ4n) is 3.57. The van der Waals surface area contributed by atoms with Crippen LogP contribution in [0.25, 0.3) is 10.9 Å². The zero-order valence-electron chi connectivity index (χ0n) is 15.9. The Morgan fingerprint density at radius 2 is 1.79 bits per heavy atom. The molecule has 1 aromatic heterocycles. The number of thioether (sulfide) groups is 1. The highest BCUT2D eigenvalue weighted by Gasteiger charge is 2.40. The maximum atomic E-state index is 12.6. The summed E-state index contributed by atoms with van der Waals surface area (Å²) in [5, 5.41) is 1.97. The van der Waals surface area contributed by atoms with Crippen LogP contribution in [-0.2, 0) is 10.0 Å². The van der Waals surface area contributed by atoms with E-state index in [1.807, 2.05) is 13.0 Å². The molecule has 0 atom stereocenters. The average molecular weight is 413 g/mol. The van der Waals surface area contributed by atoms with Crippen molar-refractivity contribution >= 4 is 38.6 Å². The summed E-state index contributed by atoms with van der Waals surface area (Å²) in [6.45, 7) is 6.28. The van der Waals surface area contributed by atoms with Crippen LogP contribution >= 0.6 is 11.8 Å². The molecule has 0 N–H and O–H groups in total. The van der Waals surface area contributed by atoms with Gasteiger partial charge in [0, 0.05) is 17.7 Å². The fourth-order valence-corrected chi connectivity index (χ4v) is 6.16. The number of pyridine rings is 1. The van der Waals surface area contributed by atoms with Gasteiger partial charge in [-0.15, -0.1) is 11.8 Å². The van der Waals surface area contributed by atoms with E-state index in [9.17, 15) is 13.2 Å². The van der Waals surface area contributed by atoms with Gasteiger partial charge in [0.25, 0.3) is 15.9 Å². The normalized spacial score (nSPS) is 15.2. The molecule has 28 heavy (non-hydrogen) atoms. The number of carbonyl (C=O) groups excluding carboxylic acids is 1. The van der Waals surface area contributed by atoms with Crippen molar-refractivity contribution < 1.29 is 13.2 Å². The van der Waals surface area contributed by atoms with E-state index in [2.05, 4.69) is 26.0 Å². The quantitative estimate of drug-likeness (QED) is 0.604. The Hall–Kier alpha value is -2.38. The summed E-state index contributed by atoms with van der Waals surface area (Å²) < 4.78 is 26.2. The lowest BCUT2D eigenvalue weighted by Gasteiger charge is -2.15. The van der Waals surface area contributed by atoms with Gasteiger partial charge in [-0.3, -0.25) is 4.79 Å². The number of hydrogen-bond donors (Lipinski definition) is 0. The summed E-state index contributed by atoms with van der Waals surface area (Å²) in [5.74, 6) is -0.00730. The van der Waals surface area contributed by atoms with E-state index in [0.717, 1.165) is 31.4 Å². The number of sulfonamides is 1. The van der Waals surface area contributed by atoms with Gasteiger partial charge < -0.3 is 0 Å². The molecule has 0 saturated heterocycles. The van der Waals surface area contributed by atoms with E-state index in [1.54, 1.807) is 18.2 Å². The third-order valence-corrected chi connectivity index (χ3v) is 7.62. The molecule has 1 aliphatic rings. The van der Waals surface area contributed by atoms with Gasteiger partial charge in [0.15, 0.2) is 0 Å². The summed E-state index contributed by atoms with van der Waals surface area (Å²) in [6.07, 6.45) is 0. The molecule has 2 aromatic carbocycles. The van der Waals surface area contributed by atoms with Crippen molar-refractivity contribution in [3.8, 4) is 0 Å². The molecule has 144 valence electrons. The molecular formula is C21H20N2O3S2. The predicted molar refractivity (Wildman–Crippen MR) is 111 cm³/mol. The second-order valence-electron chi connectivity index (χ2n) is 6.98. The number of hydrogen-bond acceptors (Lipinski definition) is 5. The Bertz CT molecular complexity index is 1220. The molecule has 5 nitrogen and oxygen atoms in total. The maximum absolute atomic E-state index is 12.6. The van der Waals surface area contributed by atoms with Crippen LogP contribution in [0.15, 0.2) is 52.4 Å². The highest BCUT2D eigenvalue weighted by atomic mass is 32.2. The standard InChI is InChI=1S/C21H20N2O3S2/c1-13-10-15(3)20-17(11-13)14(2)12-19(22-20)27-9-8-23-21(24)16-6-4-5-7-18(16)28(23,25)26/h4-7,10-12H,8-9H2,1-3H3. The SMILES string of the molecule is Cc1cc(C)c2nc(SCCN3C(=O)c4ccccc4S3(=O)=O)cc(C)c2c1. The largest absolute Gasteiger partial charge is 0.269 e. The van der Waals surface area contributed by atoms with E-state index in [0.29, 0.717) is 5.75 Å². The third kappa shape index (κ3) is 3.08. The highest BCUT2D eigenvalue weighted by Crippen LogP contribution is 2.31. The van der Waals surface area contributed by atoms with Crippen molar-refractivity contribution in [2.45, 2.75) is 30.7 Å². The van der Waals surface area contributed by atoms with Crippen molar-refractivity contribution in [3.05, 3.63) is 64.7 Å². The van der Waals surface area contributed by atoms with Crippen LogP contribution in [0.2, 0.25) is 0 Å². The lowest BCUT2D eigenvalue weighted by Crippen LogP contribution is -2.32. The number of aromatic nitrogens is 1. The smallest absolute Gasteiger partial charge is 0.268 e. The van der Waals surface area contributed by atoms with Crippen LogP contribution in [-0.4, -0.2) is 35.9 Å². The van der Waals surface area contributed by atoms with Crippen molar-refractivity contribution in [1.82, 2.24) is 9.29 Å². The first-order valence-corrected chi connectivity index (χ1v) is 11.4. The van der Waals surface area contributed by atoms with Crippen molar-refractivity contribution in [2.24, 2.45) is 0 Å². The molecular weight excluding hydrogens is 392 g/mol. The van der Waals surface area contributed by atoms with E-state index in [-0.39, 0.29) is 17.0 Å². The van der Waals surface area contributed by atoms with Crippen LogP contribution in [0.3, 0.4) is 0 Å². The fraction of sp³-hybridized carbons (Fsp3) is 0.238. The average Bonchev–Trinajstić information content (AvgIpc) is 2.84. The number of amides is 1. The third-order valence-electron chi connectivity index (χ3n) is 4.89. The first kappa shape index (κ1) is 19.0. The van der Waals surface area contributed by atoms with E-state index < -0.39 is 15.9 Å². The summed E-state index contributed by atoms with van der Waals surface area (Å²) in [5.41, 5.74) is 4.67. The van der Waals surface area contributed by atoms with Gasteiger partial charge in [-0.05, 0) is 56.2 Å². The highest BCUT2D eigenvalue weighted by molar-refractivity contribution is 7.99. The summed E-state index contributed by atoms with van der Waals surface area (Å²) in [4.78, 5) is 17.3. The number of rotatable bonds is 4. The van der Waals surface area contributed by atoms with Gasteiger partial charge in [-0.25, -0.2) is 17.7 Å². The number of carbonyl (C=O) groups is 1. The number of aryl methyl sites for hydroxylation is 3. The number of fused-ring (bicyclic) bond motifs is 2. The van der Waals surface area contributed by atoms with Crippen LogP contribution in [0.4, 0.5) is 0 Å². The molecule has 0 unspecified atom stereocenters. The van der Waals surface area contributed by atoms with Crippen LogP contribution in [0, 0.1) is 20.8 Å². The predicted octanol–water partition coefficient (Wildman–Crippen LogP) is 4.10. The summed E-state index contributed by atoms with van der Waals surface area (Å²) in [6, 6.07) is 12.6. The Balaban J connectivity index is 1.54. The maximum Gasteiger partial charge on any atom is 0.269 e. The van der Waals surface area contributed by atoms with Crippen molar-refractivity contribution in [1.29, 1.82) is 0 Å². The summed E-state index contributed by atoms with van der Waals surface area (Å²) in [7, 11) is -3.75. The van der Waals surface area contributed by atoms with Crippen molar-refractivity contribution in [2.75, 3.05) is 12.3 Å². The molecule has 1 amide bonds. The van der Waals surface area contributed by atoms with Crippen LogP contribution in [0.1, 0.15) is 27.0 Å². The number of nitrogens with zero attached hydrogens (tertiary/aromatic N) is 2. The molecule has 0 fully saturated rings. The van der Waals surface area contributed by atoms with E-state index in [4.69, 9.17) is 4.98 Å². The zero-order chi connectivity index (χ0) is 20.1. The second-order valence-corrected chi connectivity index (χ2v) is 9.93. The first-order chi connectivity index (χ1) is 13.3. The first-order valence-electron chi connectivity index (χ1n) is 8.96. The monoisotopic (exact) mass is 412 g/mol. The zero-order valence-corrected chi connectivity index (χ0v) is 17.5. The molecule has 0 bridgehead atoms. The minimum atomic E-state index is -3.75. The molecule has 0 aliphatic carbocycles. The molecule has 0 spiro atoms. The van der Waals surface area contributed by atoms with E-state index >= 15 is 0 Å². The van der Waals surface area contributed by atoms with Crippen LogP contribution < -0.4 is 0 Å². The minimum absolute atomic E-state index is 0.0932. The van der Waals surface area contributed by atoms with Gasteiger partial charge in [-0.2, -0.15) is 0 Å². The van der Waals surface area contributed by atoms with Crippen molar-refractivity contribution in [3.63, 3.8) is 0 Å². The minimum Gasteiger partial charge on any atom is -0.268 e. The van der Waals surface area contributed by atoms with Gasteiger partial charge in [0.1, 0.15) is 4.90 Å². The van der Waals surface area contributed by atoms with Crippen LogP contribution in [0.5, 0.6) is 0 Å². The molecule has 4 rings (SSSR count). The molecule has 1 aliphatic heterocycles. The Labute approximate surface area is 168 Å². The molecule has 2 heterocycles. The summed E-state index contributed by atoms with van der Waals surface area (Å²) >= 11 is 1.46. The number of benzene rings is 2. The van der Waals surface area contributed by atoms with E-state index in [1.165, 1.54) is 23.4 Å². The van der Waals surface area contributed by atoms with Gasteiger partial charge >= 0.3 is 0 Å². The molecule has 0 radical (unpaired) electrons. The Morgan fingerprint density at radius 1 is 1.04 bits per heavy atom. The molecule has 7 heteroatoms. The lowest BCUT2D eigenvalue weighted by atomic mass is 10.0. The Kier molecular flexibility index (Phi) is 4.67. The topological polar surface area (TPSA) is 67.3 Å². The molecule has 3 aromatic rings. The lowest BCUT2D eigenvalue weighted by molar-refractivity contribution is 0.0876. The Morgan fingerprint density at radius 3 is 2.54 bits per heavy atom. The van der Waals surface area contributed by atoms with Gasteiger partial charge in [0.2, 0.25) is 0 Å².